The zero-order chi connectivity index (χ0) is 14.8. The first-order valence-electron chi connectivity index (χ1n) is 7.13. The Kier molecular flexibility index (Phi) is 3.56. The van der Waals surface area contributed by atoms with Crippen molar-refractivity contribution in [1.29, 1.82) is 0 Å². The molecule has 0 fully saturated rings. The van der Waals surface area contributed by atoms with Crippen molar-refractivity contribution in [3.63, 3.8) is 0 Å². The SMILES string of the molecule is CNc1nc(C(C)C)nc2c1ncn2Cc1ccccc1. The highest BCUT2D eigenvalue weighted by Gasteiger charge is 2.14. The van der Waals surface area contributed by atoms with Gasteiger partial charge < -0.3 is 9.88 Å². The van der Waals surface area contributed by atoms with E-state index >= 15 is 0 Å². The number of hydrogen-bond donors (Lipinski definition) is 1. The number of nitrogens with one attached hydrogen (secondary N) is 1. The fourth-order valence-corrected chi connectivity index (χ4v) is 2.29. The summed E-state index contributed by atoms with van der Waals surface area (Å²) in [5.74, 6) is 1.90. The van der Waals surface area contributed by atoms with Gasteiger partial charge in [-0.15, -0.1) is 0 Å². The lowest BCUT2D eigenvalue weighted by Crippen LogP contribution is -2.06. The van der Waals surface area contributed by atoms with Crippen molar-refractivity contribution in [2.24, 2.45) is 0 Å². The summed E-state index contributed by atoms with van der Waals surface area (Å²) in [4.78, 5) is 13.7. The third-order valence-electron chi connectivity index (χ3n) is 3.43. The number of nitrogens with zero attached hydrogens (tertiary/aromatic N) is 4. The van der Waals surface area contributed by atoms with Gasteiger partial charge in [0.1, 0.15) is 11.3 Å². The van der Waals surface area contributed by atoms with Crippen molar-refractivity contribution in [2.75, 3.05) is 12.4 Å². The van der Waals surface area contributed by atoms with E-state index in [-0.39, 0.29) is 5.92 Å². The minimum atomic E-state index is 0.279. The predicted octanol–water partition coefficient (Wildman–Crippen LogP) is 3.04. The van der Waals surface area contributed by atoms with Crippen LogP contribution in [-0.4, -0.2) is 26.6 Å². The molecule has 0 radical (unpaired) electrons. The molecule has 0 aliphatic carbocycles. The smallest absolute Gasteiger partial charge is 0.166 e. The second kappa shape index (κ2) is 5.52. The summed E-state index contributed by atoms with van der Waals surface area (Å²) in [5, 5.41) is 3.12. The van der Waals surface area contributed by atoms with Gasteiger partial charge in [-0.3, -0.25) is 0 Å². The molecular weight excluding hydrogens is 262 g/mol. The predicted molar refractivity (Wildman–Crippen MR) is 84.5 cm³/mol. The van der Waals surface area contributed by atoms with E-state index in [2.05, 4.69) is 50.8 Å². The molecule has 0 aliphatic heterocycles. The molecule has 3 rings (SSSR count). The molecule has 0 saturated carbocycles. The summed E-state index contributed by atoms with van der Waals surface area (Å²) in [7, 11) is 1.86. The molecule has 0 saturated heterocycles. The van der Waals surface area contributed by atoms with Crippen LogP contribution in [0.3, 0.4) is 0 Å². The number of anilines is 1. The monoisotopic (exact) mass is 281 g/mol. The highest BCUT2D eigenvalue weighted by molar-refractivity contribution is 5.83. The quantitative estimate of drug-likeness (QED) is 0.798. The highest BCUT2D eigenvalue weighted by atomic mass is 15.1. The van der Waals surface area contributed by atoms with Crippen LogP contribution in [0.1, 0.15) is 31.2 Å². The first-order valence-corrected chi connectivity index (χ1v) is 7.13. The third-order valence-corrected chi connectivity index (χ3v) is 3.43. The van der Waals surface area contributed by atoms with Crippen molar-refractivity contribution >= 4 is 17.0 Å². The van der Waals surface area contributed by atoms with E-state index in [1.165, 1.54) is 5.56 Å². The molecule has 2 aromatic heterocycles. The Morgan fingerprint density at radius 1 is 1.14 bits per heavy atom. The lowest BCUT2D eigenvalue weighted by Gasteiger charge is -2.09. The number of imidazole rings is 1. The van der Waals surface area contributed by atoms with E-state index in [1.54, 1.807) is 0 Å². The van der Waals surface area contributed by atoms with Crippen LogP contribution in [0.5, 0.6) is 0 Å². The van der Waals surface area contributed by atoms with E-state index in [0.717, 1.165) is 29.4 Å². The van der Waals surface area contributed by atoms with Gasteiger partial charge in [-0.05, 0) is 5.56 Å². The summed E-state index contributed by atoms with van der Waals surface area (Å²) in [6.45, 7) is 4.95. The molecule has 3 aromatic rings. The van der Waals surface area contributed by atoms with Gasteiger partial charge in [0.15, 0.2) is 11.5 Å². The fourth-order valence-electron chi connectivity index (χ4n) is 2.29. The van der Waals surface area contributed by atoms with E-state index in [1.807, 2.05) is 31.6 Å². The van der Waals surface area contributed by atoms with Gasteiger partial charge in [0.05, 0.1) is 12.9 Å². The van der Waals surface area contributed by atoms with Gasteiger partial charge in [0, 0.05) is 13.0 Å². The second-order valence-corrected chi connectivity index (χ2v) is 5.37. The van der Waals surface area contributed by atoms with E-state index < -0.39 is 0 Å². The summed E-state index contributed by atoms with van der Waals surface area (Å²) < 4.78 is 2.07. The van der Waals surface area contributed by atoms with Gasteiger partial charge in [-0.2, -0.15) is 0 Å². The number of rotatable bonds is 4. The van der Waals surface area contributed by atoms with Crippen LogP contribution < -0.4 is 5.32 Å². The van der Waals surface area contributed by atoms with E-state index in [0.29, 0.717) is 0 Å². The van der Waals surface area contributed by atoms with Crippen LogP contribution in [-0.2, 0) is 6.54 Å². The second-order valence-electron chi connectivity index (χ2n) is 5.37. The van der Waals surface area contributed by atoms with Crippen LogP contribution in [0.25, 0.3) is 11.2 Å². The molecular formula is C16H19N5. The summed E-state index contributed by atoms with van der Waals surface area (Å²) >= 11 is 0. The minimum absolute atomic E-state index is 0.279. The summed E-state index contributed by atoms with van der Waals surface area (Å²) in [6.07, 6.45) is 1.83. The molecule has 0 bridgehead atoms. The van der Waals surface area contributed by atoms with Crippen molar-refractivity contribution in [2.45, 2.75) is 26.3 Å². The molecule has 5 heteroatoms. The summed E-state index contributed by atoms with van der Waals surface area (Å²) in [6, 6.07) is 10.3. The average molecular weight is 281 g/mol. The van der Waals surface area contributed by atoms with Crippen LogP contribution >= 0.6 is 0 Å². The Labute approximate surface area is 124 Å². The molecule has 108 valence electrons. The molecule has 0 amide bonds. The van der Waals surface area contributed by atoms with E-state index in [4.69, 9.17) is 0 Å². The highest BCUT2D eigenvalue weighted by Crippen LogP contribution is 2.22. The molecule has 0 spiro atoms. The molecule has 2 heterocycles. The Morgan fingerprint density at radius 2 is 1.90 bits per heavy atom. The number of aromatic nitrogens is 4. The third kappa shape index (κ3) is 2.59. The zero-order valence-corrected chi connectivity index (χ0v) is 12.5. The van der Waals surface area contributed by atoms with Gasteiger partial charge in [-0.1, -0.05) is 44.2 Å². The van der Waals surface area contributed by atoms with Crippen LogP contribution in [0.15, 0.2) is 36.7 Å². The Morgan fingerprint density at radius 3 is 2.57 bits per heavy atom. The number of benzene rings is 1. The largest absolute Gasteiger partial charge is 0.371 e. The van der Waals surface area contributed by atoms with Gasteiger partial charge in [0.2, 0.25) is 0 Å². The molecule has 1 N–H and O–H groups in total. The number of fused-ring (bicyclic) bond motifs is 1. The maximum atomic E-state index is 4.69. The van der Waals surface area contributed by atoms with Crippen LogP contribution in [0, 0.1) is 0 Å². The lowest BCUT2D eigenvalue weighted by molar-refractivity contribution is 0.764. The Hall–Kier alpha value is -2.43. The van der Waals surface area contributed by atoms with Crippen LogP contribution in [0.2, 0.25) is 0 Å². The molecule has 5 nitrogen and oxygen atoms in total. The molecule has 0 aliphatic rings. The lowest BCUT2D eigenvalue weighted by atomic mass is 10.2. The van der Waals surface area contributed by atoms with Crippen molar-refractivity contribution in [1.82, 2.24) is 19.5 Å². The molecule has 21 heavy (non-hydrogen) atoms. The molecule has 0 atom stereocenters. The van der Waals surface area contributed by atoms with Crippen molar-refractivity contribution in [3.05, 3.63) is 48.0 Å². The normalized spacial score (nSPS) is 11.2. The topological polar surface area (TPSA) is 55.6 Å². The molecule has 1 aromatic carbocycles. The summed E-state index contributed by atoms with van der Waals surface area (Å²) in [5.41, 5.74) is 2.92. The first-order chi connectivity index (χ1) is 10.2. The molecule has 0 unspecified atom stereocenters. The van der Waals surface area contributed by atoms with Gasteiger partial charge in [0.25, 0.3) is 0 Å². The fraction of sp³-hybridized carbons (Fsp3) is 0.312. The van der Waals surface area contributed by atoms with Crippen molar-refractivity contribution in [3.8, 4) is 0 Å². The maximum Gasteiger partial charge on any atom is 0.166 e. The van der Waals surface area contributed by atoms with Crippen LogP contribution in [0.4, 0.5) is 5.82 Å². The van der Waals surface area contributed by atoms with E-state index in [9.17, 15) is 0 Å². The zero-order valence-electron chi connectivity index (χ0n) is 12.5. The average Bonchev–Trinajstić information content (AvgIpc) is 2.90. The van der Waals surface area contributed by atoms with Crippen molar-refractivity contribution < 1.29 is 0 Å². The number of hydrogen-bond acceptors (Lipinski definition) is 4. The Bertz CT molecular complexity index is 746. The van der Waals surface area contributed by atoms with Gasteiger partial charge in [-0.25, -0.2) is 15.0 Å². The maximum absolute atomic E-state index is 4.69. The first kappa shape index (κ1) is 13.5. The Balaban J connectivity index is 2.09. The standard InChI is InChI=1S/C16H19N5/c1-11(2)14-19-15(17-3)13-16(20-14)21(10-18-13)9-12-7-5-4-6-8-12/h4-8,10-11H,9H2,1-3H3,(H,17,19,20). The minimum Gasteiger partial charge on any atom is -0.371 e. The van der Waals surface area contributed by atoms with Gasteiger partial charge >= 0.3 is 0 Å².